The van der Waals surface area contributed by atoms with E-state index < -0.39 is 0 Å². The monoisotopic (exact) mass is 362 g/mol. The average Bonchev–Trinajstić information content (AvgIpc) is 2.70. The number of ether oxygens (including phenoxy) is 2. The van der Waals surface area contributed by atoms with E-state index >= 15 is 0 Å². The van der Waals surface area contributed by atoms with Gasteiger partial charge in [0.05, 0.1) is 31.5 Å². The molecule has 0 aromatic heterocycles. The summed E-state index contributed by atoms with van der Waals surface area (Å²) in [6.45, 7) is 0.264. The van der Waals surface area contributed by atoms with Gasteiger partial charge < -0.3 is 20.1 Å². The van der Waals surface area contributed by atoms with Crippen LogP contribution in [0, 0.1) is 0 Å². The third kappa shape index (κ3) is 5.25. The maximum Gasteiger partial charge on any atom is 0.227 e. The molecule has 1 amide bonds. The number of para-hydroxylation sites is 5. The molecule has 0 unspecified atom stereocenters. The van der Waals surface area contributed by atoms with Gasteiger partial charge in [0.15, 0.2) is 11.5 Å². The number of hydrogen-bond acceptors (Lipinski definition) is 4. The summed E-state index contributed by atoms with van der Waals surface area (Å²) in [5.74, 6) is 1.15. The van der Waals surface area contributed by atoms with Crippen molar-refractivity contribution in [1.82, 2.24) is 0 Å². The van der Waals surface area contributed by atoms with Crippen molar-refractivity contribution in [3.8, 4) is 11.5 Å². The summed E-state index contributed by atoms with van der Waals surface area (Å²) in [6, 6.07) is 24.8. The van der Waals surface area contributed by atoms with E-state index in [1.807, 2.05) is 78.9 Å². The molecule has 138 valence electrons. The topological polar surface area (TPSA) is 59.6 Å². The minimum Gasteiger partial charge on any atom is -0.493 e. The van der Waals surface area contributed by atoms with Crippen LogP contribution in [0.1, 0.15) is 6.42 Å². The molecule has 0 radical (unpaired) electrons. The highest BCUT2D eigenvalue weighted by atomic mass is 16.5. The molecule has 0 atom stereocenters. The lowest BCUT2D eigenvalue weighted by Crippen LogP contribution is -2.16. The van der Waals surface area contributed by atoms with Gasteiger partial charge in [0.25, 0.3) is 0 Å². The zero-order chi connectivity index (χ0) is 18.9. The van der Waals surface area contributed by atoms with E-state index in [0.717, 1.165) is 17.1 Å². The molecule has 27 heavy (non-hydrogen) atoms. The lowest BCUT2D eigenvalue weighted by molar-refractivity contribution is -0.116. The summed E-state index contributed by atoms with van der Waals surface area (Å²) in [4.78, 5) is 12.3. The Kier molecular flexibility index (Phi) is 6.30. The maximum atomic E-state index is 12.3. The van der Waals surface area contributed by atoms with Crippen LogP contribution < -0.4 is 20.1 Å². The molecule has 0 aliphatic heterocycles. The average molecular weight is 362 g/mol. The predicted molar refractivity (Wildman–Crippen MR) is 108 cm³/mol. The molecule has 3 rings (SSSR count). The Hall–Kier alpha value is -3.47. The molecule has 0 spiro atoms. The molecule has 0 aliphatic rings. The molecule has 5 heteroatoms. The van der Waals surface area contributed by atoms with E-state index in [1.165, 1.54) is 0 Å². The third-order valence-corrected chi connectivity index (χ3v) is 3.91. The Balaban J connectivity index is 1.56. The van der Waals surface area contributed by atoms with Crippen LogP contribution in [0.3, 0.4) is 0 Å². The van der Waals surface area contributed by atoms with Gasteiger partial charge in [-0.15, -0.1) is 0 Å². The van der Waals surface area contributed by atoms with Crippen LogP contribution in [0.5, 0.6) is 11.5 Å². The van der Waals surface area contributed by atoms with Crippen LogP contribution in [0.15, 0.2) is 78.9 Å². The summed E-state index contributed by atoms with van der Waals surface area (Å²) in [5.41, 5.74) is 2.52. The molecule has 3 aromatic rings. The molecular formula is C22H22N2O3. The number of nitrogens with one attached hydrogen (secondary N) is 2. The molecule has 0 saturated carbocycles. The quantitative estimate of drug-likeness (QED) is 0.602. The minimum absolute atomic E-state index is 0.118. The Morgan fingerprint density at radius 2 is 1.44 bits per heavy atom. The fraction of sp³-hybridized carbons (Fsp3) is 0.136. The summed E-state index contributed by atoms with van der Waals surface area (Å²) >= 11 is 0. The lowest BCUT2D eigenvalue weighted by atomic mass is 10.2. The van der Waals surface area contributed by atoms with Crippen molar-refractivity contribution in [1.29, 1.82) is 0 Å². The molecule has 2 N–H and O–H groups in total. The number of rotatable bonds is 8. The van der Waals surface area contributed by atoms with Crippen molar-refractivity contribution in [3.05, 3.63) is 78.9 Å². The van der Waals surface area contributed by atoms with E-state index in [0.29, 0.717) is 11.5 Å². The van der Waals surface area contributed by atoms with E-state index in [1.54, 1.807) is 7.11 Å². The highest BCUT2D eigenvalue weighted by Gasteiger charge is 2.08. The molecular weight excluding hydrogens is 340 g/mol. The smallest absolute Gasteiger partial charge is 0.227 e. The zero-order valence-electron chi connectivity index (χ0n) is 15.1. The lowest BCUT2D eigenvalue weighted by Gasteiger charge is -2.14. The second kappa shape index (κ2) is 9.29. The highest BCUT2D eigenvalue weighted by molar-refractivity contribution is 5.94. The van der Waals surface area contributed by atoms with Gasteiger partial charge in [0, 0.05) is 5.69 Å². The minimum atomic E-state index is -0.118. The molecule has 5 nitrogen and oxygen atoms in total. The number of carbonyl (C=O) groups excluding carboxylic acids is 1. The number of carbonyl (C=O) groups is 1. The van der Waals surface area contributed by atoms with Crippen molar-refractivity contribution in [2.24, 2.45) is 0 Å². The van der Waals surface area contributed by atoms with Crippen LogP contribution in [0.2, 0.25) is 0 Å². The zero-order valence-corrected chi connectivity index (χ0v) is 15.1. The van der Waals surface area contributed by atoms with Gasteiger partial charge >= 0.3 is 0 Å². The second-order valence-corrected chi connectivity index (χ2v) is 5.83. The van der Waals surface area contributed by atoms with E-state index in [-0.39, 0.29) is 18.9 Å². The Morgan fingerprint density at radius 1 is 0.815 bits per heavy atom. The predicted octanol–water partition coefficient (Wildman–Crippen LogP) is 4.85. The van der Waals surface area contributed by atoms with Gasteiger partial charge in [-0.2, -0.15) is 0 Å². The SMILES string of the molecule is COc1ccccc1OCCC(=O)Nc1ccccc1Nc1ccccc1. The first kappa shape index (κ1) is 18.3. The summed E-state index contributed by atoms with van der Waals surface area (Å²) < 4.78 is 10.9. The van der Waals surface area contributed by atoms with Crippen molar-refractivity contribution < 1.29 is 14.3 Å². The van der Waals surface area contributed by atoms with Gasteiger partial charge in [-0.05, 0) is 36.4 Å². The van der Waals surface area contributed by atoms with Crippen LogP contribution in [0.4, 0.5) is 17.1 Å². The number of hydrogen-bond donors (Lipinski definition) is 2. The molecule has 0 saturated heterocycles. The van der Waals surface area contributed by atoms with Crippen LogP contribution in [-0.2, 0) is 4.79 Å². The highest BCUT2D eigenvalue weighted by Crippen LogP contribution is 2.27. The van der Waals surface area contributed by atoms with Gasteiger partial charge in [-0.1, -0.05) is 42.5 Å². The Morgan fingerprint density at radius 3 is 2.19 bits per heavy atom. The first-order chi connectivity index (χ1) is 13.3. The summed E-state index contributed by atoms with van der Waals surface area (Å²) in [5, 5.41) is 6.25. The van der Waals surface area contributed by atoms with E-state index in [2.05, 4.69) is 10.6 Å². The van der Waals surface area contributed by atoms with E-state index in [4.69, 9.17) is 9.47 Å². The van der Waals surface area contributed by atoms with Crippen LogP contribution in [0.25, 0.3) is 0 Å². The number of anilines is 3. The van der Waals surface area contributed by atoms with Crippen LogP contribution >= 0.6 is 0 Å². The molecule has 3 aromatic carbocycles. The van der Waals surface area contributed by atoms with Crippen LogP contribution in [-0.4, -0.2) is 19.6 Å². The molecule has 0 fully saturated rings. The number of amides is 1. The number of methoxy groups -OCH3 is 1. The molecule has 0 bridgehead atoms. The fourth-order valence-corrected chi connectivity index (χ4v) is 2.58. The summed E-state index contributed by atoms with van der Waals surface area (Å²) in [6.07, 6.45) is 0.234. The van der Waals surface area contributed by atoms with Crippen molar-refractivity contribution >= 4 is 23.0 Å². The van der Waals surface area contributed by atoms with Gasteiger partial charge in [0.2, 0.25) is 5.91 Å². The first-order valence-corrected chi connectivity index (χ1v) is 8.73. The largest absolute Gasteiger partial charge is 0.493 e. The van der Waals surface area contributed by atoms with Crippen molar-refractivity contribution in [2.45, 2.75) is 6.42 Å². The van der Waals surface area contributed by atoms with Crippen molar-refractivity contribution in [3.63, 3.8) is 0 Å². The standard InChI is InChI=1S/C22H22N2O3/c1-26-20-13-7-8-14-21(20)27-16-15-22(25)24-19-12-6-5-11-18(19)23-17-9-3-2-4-10-17/h2-14,23H,15-16H2,1H3,(H,24,25). The Labute approximate surface area is 158 Å². The number of benzene rings is 3. The van der Waals surface area contributed by atoms with E-state index in [9.17, 15) is 4.79 Å². The maximum absolute atomic E-state index is 12.3. The van der Waals surface area contributed by atoms with Gasteiger partial charge in [0.1, 0.15) is 0 Å². The van der Waals surface area contributed by atoms with Gasteiger partial charge in [-0.25, -0.2) is 0 Å². The molecule has 0 heterocycles. The second-order valence-electron chi connectivity index (χ2n) is 5.83. The first-order valence-electron chi connectivity index (χ1n) is 8.73. The molecule has 0 aliphatic carbocycles. The Bertz CT molecular complexity index is 881. The van der Waals surface area contributed by atoms with Gasteiger partial charge in [-0.3, -0.25) is 4.79 Å². The third-order valence-electron chi connectivity index (χ3n) is 3.91. The fourth-order valence-electron chi connectivity index (χ4n) is 2.58. The normalized spacial score (nSPS) is 10.1. The summed E-state index contributed by atoms with van der Waals surface area (Å²) in [7, 11) is 1.59. The van der Waals surface area contributed by atoms with Crippen molar-refractivity contribution in [2.75, 3.05) is 24.4 Å².